The van der Waals surface area contributed by atoms with Gasteiger partial charge in [0.15, 0.2) is 0 Å². The number of hydrogen-bond donors (Lipinski definition) is 1. The number of carboxylic acids is 1. The minimum Gasteiger partial charge on any atom is -0.481 e. The number of amides is 1. The van der Waals surface area contributed by atoms with Crippen LogP contribution in [0.25, 0.3) is 11.7 Å². The summed E-state index contributed by atoms with van der Waals surface area (Å²) < 4.78 is 15.2. The van der Waals surface area contributed by atoms with Gasteiger partial charge in [0.2, 0.25) is 0 Å². The molecule has 5 rings (SSSR count). The summed E-state index contributed by atoms with van der Waals surface area (Å²) in [6.45, 7) is 4.52. The summed E-state index contributed by atoms with van der Waals surface area (Å²) in [6, 6.07) is 10.0. The molecule has 2 saturated heterocycles. The SMILES string of the molecule is Cc1cccn2c(=O)c(C=C3SC(=S)N(CCCC(=O)O)C3=O)c(N3CCN(c4ccc(F)cc4)CC3)nc12. The Labute approximate surface area is 233 Å². The normalized spacial score (nSPS) is 17.1. The Hall–Kier alpha value is -3.77. The maximum absolute atomic E-state index is 13.7. The molecule has 4 heterocycles. The monoisotopic (exact) mass is 567 g/mol. The standard InChI is InChI=1S/C27H26FN5O4S2/c1-17-4-2-10-32-23(17)29-24(31-14-12-30(13-15-31)19-8-6-18(28)7-9-19)20(25(32)36)16-21-26(37)33(27(38)39-21)11-3-5-22(34)35/h2,4,6-10,16H,3,5,11-15H2,1H3,(H,34,35). The van der Waals surface area contributed by atoms with Crippen LogP contribution in [0.4, 0.5) is 15.9 Å². The van der Waals surface area contributed by atoms with Gasteiger partial charge in [-0.25, -0.2) is 9.37 Å². The second-order valence-electron chi connectivity index (χ2n) is 9.32. The molecule has 1 aromatic carbocycles. The van der Waals surface area contributed by atoms with Crippen molar-refractivity contribution in [3.63, 3.8) is 0 Å². The summed E-state index contributed by atoms with van der Waals surface area (Å²) in [7, 11) is 0. The van der Waals surface area contributed by atoms with Gasteiger partial charge in [-0.15, -0.1) is 0 Å². The Morgan fingerprint density at radius 2 is 1.82 bits per heavy atom. The van der Waals surface area contributed by atoms with E-state index in [1.807, 2.05) is 17.9 Å². The molecule has 202 valence electrons. The highest BCUT2D eigenvalue weighted by Gasteiger charge is 2.33. The second-order valence-corrected chi connectivity index (χ2v) is 11.0. The Morgan fingerprint density at radius 1 is 1.13 bits per heavy atom. The molecule has 0 aliphatic carbocycles. The molecule has 0 unspecified atom stereocenters. The third-order valence-electron chi connectivity index (χ3n) is 6.76. The van der Waals surface area contributed by atoms with E-state index in [-0.39, 0.29) is 36.7 Å². The fraction of sp³-hybridized carbons (Fsp3) is 0.296. The number of carboxylic acid groups (broad SMARTS) is 1. The molecule has 0 saturated carbocycles. The van der Waals surface area contributed by atoms with E-state index in [0.29, 0.717) is 52.4 Å². The summed E-state index contributed by atoms with van der Waals surface area (Å²) in [5.74, 6) is -1.09. The van der Waals surface area contributed by atoms with Crippen LogP contribution in [-0.4, -0.2) is 68.3 Å². The number of pyridine rings is 1. The molecule has 0 bridgehead atoms. The van der Waals surface area contributed by atoms with Gasteiger partial charge in [0.1, 0.15) is 21.6 Å². The fourth-order valence-electron chi connectivity index (χ4n) is 4.71. The molecule has 2 fully saturated rings. The molecule has 1 N–H and O–H groups in total. The zero-order valence-corrected chi connectivity index (χ0v) is 22.8. The van der Waals surface area contributed by atoms with Crippen molar-refractivity contribution in [2.75, 3.05) is 42.5 Å². The Bertz CT molecular complexity index is 1550. The number of halogens is 1. The van der Waals surface area contributed by atoms with Crippen LogP contribution in [0.2, 0.25) is 0 Å². The third kappa shape index (κ3) is 5.52. The van der Waals surface area contributed by atoms with E-state index < -0.39 is 5.97 Å². The number of hydrogen-bond acceptors (Lipinski definition) is 8. The van der Waals surface area contributed by atoms with E-state index in [2.05, 4.69) is 4.90 Å². The van der Waals surface area contributed by atoms with Crippen LogP contribution in [0.15, 0.2) is 52.3 Å². The molecule has 2 aromatic heterocycles. The molecule has 2 aliphatic heterocycles. The zero-order valence-electron chi connectivity index (χ0n) is 21.2. The van der Waals surface area contributed by atoms with Gasteiger partial charge in [0.05, 0.1) is 10.5 Å². The number of aryl methyl sites for hydroxylation is 1. The minimum atomic E-state index is -0.939. The quantitative estimate of drug-likeness (QED) is 0.340. The first-order valence-corrected chi connectivity index (χ1v) is 13.7. The van der Waals surface area contributed by atoms with Crippen LogP contribution in [-0.2, 0) is 9.59 Å². The molecular weight excluding hydrogens is 541 g/mol. The number of anilines is 2. The largest absolute Gasteiger partial charge is 0.481 e. The van der Waals surface area contributed by atoms with Gasteiger partial charge in [0.25, 0.3) is 11.5 Å². The zero-order chi connectivity index (χ0) is 27.7. The number of aliphatic carboxylic acids is 1. The molecule has 2 aliphatic rings. The van der Waals surface area contributed by atoms with Gasteiger partial charge in [-0.3, -0.25) is 23.7 Å². The van der Waals surface area contributed by atoms with Gasteiger partial charge in [-0.2, -0.15) is 0 Å². The van der Waals surface area contributed by atoms with E-state index in [0.717, 1.165) is 23.0 Å². The number of carbonyl (C=O) groups is 2. The van der Waals surface area contributed by atoms with Crippen molar-refractivity contribution in [1.82, 2.24) is 14.3 Å². The van der Waals surface area contributed by atoms with Crippen LogP contribution in [0.3, 0.4) is 0 Å². The van der Waals surface area contributed by atoms with Gasteiger partial charge >= 0.3 is 5.97 Å². The fourth-order valence-corrected chi connectivity index (χ4v) is 6.00. The van der Waals surface area contributed by atoms with Gasteiger partial charge in [-0.1, -0.05) is 30.0 Å². The first-order valence-electron chi connectivity index (χ1n) is 12.5. The molecule has 12 heteroatoms. The highest BCUT2D eigenvalue weighted by Crippen LogP contribution is 2.34. The van der Waals surface area contributed by atoms with Gasteiger partial charge in [-0.05, 0) is 55.3 Å². The van der Waals surface area contributed by atoms with Crippen molar-refractivity contribution >= 4 is 63.4 Å². The van der Waals surface area contributed by atoms with Gasteiger partial charge < -0.3 is 14.9 Å². The van der Waals surface area contributed by atoms with Crippen molar-refractivity contribution in [1.29, 1.82) is 0 Å². The molecule has 0 spiro atoms. The number of nitrogens with zero attached hydrogens (tertiary/aromatic N) is 5. The maximum atomic E-state index is 13.7. The van der Waals surface area contributed by atoms with Gasteiger partial charge in [0, 0.05) is 51.0 Å². The molecule has 0 radical (unpaired) electrons. The van der Waals surface area contributed by atoms with Crippen molar-refractivity contribution in [2.45, 2.75) is 19.8 Å². The summed E-state index contributed by atoms with van der Waals surface area (Å²) in [5, 5.41) is 8.93. The number of piperazine rings is 1. The van der Waals surface area contributed by atoms with Crippen LogP contribution in [0.1, 0.15) is 24.0 Å². The van der Waals surface area contributed by atoms with E-state index in [4.69, 9.17) is 22.3 Å². The molecular formula is C27H26FN5O4S2. The third-order valence-corrected chi connectivity index (χ3v) is 8.13. The number of thiocarbonyl (C=S) groups is 1. The number of aromatic nitrogens is 2. The number of rotatable bonds is 7. The van der Waals surface area contributed by atoms with Crippen molar-refractivity contribution in [3.05, 3.63) is 74.8 Å². The number of carbonyl (C=O) groups excluding carboxylic acids is 1. The Morgan fingerprint density at radius 3 is 2.51 bits per heavy atom. The first-order chi connectivity index (χ1) is 18.7. The van der Waals surface area contributed by atoms with Crippen molar-refractivity contribution < 1.29 is 19.1 Å². The average molecular weight is 568 g/mol. The summed E-state index contributed by atoms with van der Waals surface area (Å²) in [4.78, 5) is 48.5. The maximum Gasteiger partial charge on any atom is 0.303 e. The van der Waals surface area contributed by atoms with Crippen LogP contribution >= 0.6 is 24.0 Å². The van der Waals surface area contributed by atoms with Crippen molar-refractivity contribution in [2.24, 2.45) is 0 Å². The number of thioether (sulfide) groups is 1. The lowest BCUT2D eigenvalue weighted by Gasteiger charge is -2.37. The van der Waals surface area contributed by atoms with Crippen LogP contribution < -0.4 is 15.4 Å². The van der Waals surface area contributed by atoms with E-state index in [9.17, 15) is 18.8 Å². The van der Waals surface area contributed by atoms with E-state index >= 15 is 0 Å². The number of fused-ring (bicyclic) bond motifs is 1. The highest BCUT2D eigenvalue weighted by molar-refractivity contribution is 8.26. The average Bonchev–Trinajstić information content (AvgIpc) is 3.18. The second kappa shape index (κ2) is 11.1. The topological polar surface area (TPSA) is 98.5 Å². The summed E-state index contributed by atoms with van der Waals surface area (Å²) >= 11 is 6.48. The predicted octanol–water partition coefficient (Wildman–Crippen LogP) is 3.53. The Balaban J connectivity index is 1.48. The summed E-state index contributed by atoms with van der Waals surface area (Å²) in [6.07, 6.45) is 3.42. The predicted molar refractivity (Wildman–Crippen MR) is 154 cm³/mol. The molecule has 9 nitrogen and oxygen atoms in total. The Kier molecular flexibility index (Phi) is 7.67. The lowest BCUT2D eigenvalue weighted by molar-refractivity contribution is -0.137. The molecule has 1 amide bonds. The lowest BCUT2D eigenvalue weighted by atomic mass is 10.2. The highest BCUT2D eigenvalue weighted by atomic mass is 32.2. The van der Waals surface area contributed by atoms with Crippen LogP contribution in [0.5, 0.6) is 0 Å². The molecule has 39 heavy (non-hydrogen) atoms. The minimum absolute atomic E-state index is 0.0700. The summed E-state index contributed by atoms with van der Waals surface area (Å²) in [5.41, 5.74) is 2.30. The van der Waals surface area contributed by atoms with E-state index in [1.165, 1.54) is 21.4 Å². The van der Waals surface area contributed by atoms with E-state index in [1.54, 1.807) is 30.5 Å². The lowest BCUT2D eigenvalue weighted by Crippen LogP contribution is -2.47. The smallest absolute Gasteiger partial charge is 0.303 e. The first kappa shape index (κ1) is 26.8. The van der Waals surface area contributed by atoms with Crippen molar-refractivity contribution in [3.8, 4) is 0 Å². The molecule has 3 aromatic rings. The number of benzene rings is 1. The van der Waals surface area contributed by atoms with Crippen LogP contribution in [0, 0.1) is 12.7 Å². The molecule has 0 atom stereocenters.